The van der Waals surface area contributed by atoms with E-state index in [1.54, 1.807) is 6.08 Å². The van der Waals surface area contributed by atoms with E-state index >= 15 is 0 Å². The van der Waals surface area contributed by atoms with Crippen LogP contribution in [0.5, 0.6) is 0 Å². The van der Waals surface area contributed by atoms with Crippen molar-refractivity contribution in [2.24, 2.45) is 5.41 Å². The minimum absolute atomic E-state index is 0.242. The van der Waals surface area contributed by atoms with Gasteiger partial charge in [0.15, 0.2) is 0 Å². The van der Waals surface area contributed by atoms with Gasteiger partial charge in [-0.2, -0.15) is 0 Å². The molecule has 0 saturated heterocycles. The first-order valence-electron chi connectivity index (χ1n) is 9.55. The SMILES string of the molecule is CC1=C(/C=C/C(C)=C/C=C/C(C)=C/C(=O)O[Si](C)(C)C)C(C)(C)CCC1. The molecular formula is C23H36O2Si. The molecule has 3 heteroatoms. The second-order valence-corrected chi connectivity index (χ2v) is 13.4. The molecule has 0 radical (unpaired) electrons. The molecule has 0 atom stereocenters. The van der Waals surface area contributed by atoms with Gasteiger partial charge in [-0.1, -0.05) is 55.4 Å². The minimum Gasteiger partial charge on any atom is -0.517 e. The molecular weight excluding hydrogens is 336 g/mol. The summed E-state index contributed by atoms with van der Waals surface area (Å²) in [5, 5.41) is 0. The molecule has 0 aromatic carbocycles. The Morgan fingerprint density at radius 3 is 2.35 bits per heavy atom. The Labute approximate surface area is 161 Å². The molecule has 0 N–H and O–H groups in total. The predicted octanol–water partition coefficient (Wildman–Crippen LogP) is 6.90. The van der Waals surface area contributed by atoms with Crippen LogP contribution in [0, 0.1) is 5.41 Å². The molecule has 0 unspecified atom stereocenters. The Morgan fingerprint density at radius 1 is 1.12 bits per heavy atom. The van der Waals surface area contributed by atoms with E-state index in [9.17, 15) is 4.79 Å². The molecule has 0 saturated carbocycles. The zero-order valence-electron chi connectivity index (χ0n) is 17.9. The largest absolute Gasteiger partial charge is 0.517 e. The topological polar surface area (TPSA) is 26.3 Å². The summed E-state index contributed by atoms with van der Waals surface area (Å²) in [6, 6.07) is 0. The molecule has 1 rings (SSSR count). The van der Waals surface area contributed by atoms with Gasteiger partial charge < -0.3 is 4.43 Å². The number of rotatable bonds is 6. The highest BCUT2D eigenvalue weighted by Crippen LogP contribution is 2.40. The zero-order chi connectivity index (χ0) is 20.0. The van der Waals surface area contributed by atoms with Gasteiger partial charge in [0.1, 0.15) is 0 Å². The van der Waals surface area contributed by atoms with E-state index in [0.717, 1.165) is 5.57 Å². The predicted molar refractivity (Wildman–Crippen MR) is 116 cm³/mol. The highest BCUT2D eigenvalue weighted by atomic mass is 28.4. The van der Waals surface area contributed by atoms with E-state index in [0.29, 0.717) is 0 Å². The van der Waals surface area contributed by atoms with Crippen LogP contribution in [0.3, 0.4) is 0 Å². The Bertz CT molecular complexity index is 665. The van der Waals surface area contributed by atoms with Crippen molar-refractivity contribution in [3.63, 3.8) is 0 Å². The van der Waals surface area contributed by atoms with Gasteiger partial charge in [0.05, 0.1) is 0 Å². The molecule has 0 heterocycles. The van der Waals surface area contributed by atoms with E-state index in [4.69, 9.17) is 4.43 Å². The summed E-state index contributed by atoms with van der Waals surface area (Å²) < 4.78 is 5.43. The molecule has 1 aliphatic carbocycles. The lowest BCUT2D eigenvalue weighted by Crippen LogP contribution is -2.28. The lowest BCUT2D eigenvalue weighted by molar-refractivity contribution is -0.129. The lowest BCUT2D eigenvalue weighted by atomic mass is 9.72. The first kappa shape index (κ1) is 22.4. The second kappa shape index (κ2) is 9.36. The van der Waals surface area contributed by atoms with Crippen molar-refractivity contribution in [1.82, 2.24) is 0 Å². The summed E-state index contributed by atoms with van der Waals surface area (Å²) in [6.07, 6.45) is 15.8. The quantitative estimate of drug-likeness (QED) is 0.288. The smallest absolute Gasteiger partial charge is 0.317 e. The minimum atomic E-state index is -1.82. The highest BCUT2D eigenvalue weighted by molar-refractivity contribution is 6.71. The standard InChI is InChI=1S/C23H36O2Si/c1-18(14-15-21-20(3)13-10-16-23(21,4)5)11-9-12-19(2)17-22(24)25-26(6,7)8/h9,11-12,14-15,17H,10,13,16H2,1-8H3/b12-9+,15-14+,18-11+,19-17+. The number of carbonyl (C=O) groups is 1. The van der Waals surface area contributed by atoms with Gasteiger partial charge in [-0.3, -0.25) is 0 Å². The maximum Gasteiger partial charge on any atom is 0.317 e. The van der Waals surface area contributed by atoms with Crippen molar-refractivity contribution in [3.05, 3.63) is 58.7 Å². The molecule has 26 heavy (non-hydrogen) atoms. The maximum absolute atomic E-state index is 11.8. The van der Waals surface area contributed by atoms with Crippen LogP contribution < -0.4 is 0 Å². The molecule has 0 aromatic heterocycles. The Morgan fingerprint density at radius 2 is 1.77 bits per heavy atom. The summed E-state index contributed by atoms with van der Waals surface area (Å²) in [5.41, 5.74) is 5.35. The summed E-state index contributed by atoms with van der Waals surface area (Å²) in [4.78, 5) is 11.8. The van der Waals surface area contributed by atoms with E-state index < -0.39 is 8.32 Å². The van der Waals surface area contributed by atoms with Gasteiger partial charge in [0, 0.05) is 6.08 Å². The van der Waals surface area contributed by atoms with Gasteiger partial charge in [-0.15, -0.1) is 0 Å². The average Bonchev–Trinajstić information content (AvgIpc) is 2.43. The van der Waals surface area contributed by atoms with Crippen molar-refractivity contribution >= 4 is 14.3 Å². The third-order valence-electron chi connectivity index (χ3n) is 4.53. The first-order valence-corrected chi connectivity index (χ1v) is 13.0. The normalized spacial score (nSPS) is 19.5. The fourth-order valence-electron chi connectivity index (χ4n) is 3.20. The van der Waals surface area contributed by atoms with E-state index in [2.05, 4.69) is 45.9 Å². The Balaban J connectivity index is 2.73. The van der Waals surface area contributed by atoms with Crippen molar-refractivity contribution < 1.29 is 9.22 Å². The van der Waals surface area contributed by atoms with Crippen LogP contribution in [0.4, 0.5) is 0 Å². The van der Waals surface area contributed by atoms with Gasteiger partial charge in [-0.05, 0) is 76.2 Å². The second-order valence-electron chi connectivity index (χ2n) is 8.96. The maximum atomic E-state index is 11.8. The van der Waals surface area contributed by atoms with Gasteiger partial charge in [0.25, 0.3) is 0 Å². The van der Waals surface area contributed by atoms with Crippen molar-refractivity contribution in [1.29, 1.82) is 0 Å². The molecule has 0 fully saturated rings. The fraction of sp³-hybridized carbons (Fsp3) is 0.522. The zero-order valence-corrected chi connectivity index (χ0v) is 18.9. The van der Waals surface area contributed by atoms with Crippen LogP contribution in [-0.4, -0.2) is 14.3 Å². The number of hydrogen-bond donors (Lipinski definition) is 0. The molecule has 1 aliphatic rings. The Hall–Kier alpha value is -1.61. The fourth-order valence-corrected chi connectivity index (χ4v) is 3.86. The summed E-state index contributed by atoms with van der Waals surface area (Å²) in [5.74, 6) is -0.242. The number of carbonyl (C=O) groups excluding carboxylic acids is 1. The molecule has 0 spiro atoms. The van der Waals surface area contributed by atoms with Gasteiger partial charge in [0.2, 0.25) is 8.32 Å². The molecule has 0 bridgehead atoms. The summed E-state index contributed by atoms with van der Waals surface area (Å²) in [7, 11) is -1.82. The van der Waals surface area contributed by atoms with Crippen molar-refractivity contribution in [2.45, 2.75) is 73.5 Å². The van der Waals surface area contributed by atoms with Gasteiger partial charge >= 0.3 is 5.97 Å². The molecule has 144 valence electrons. The average molecular weight is 373 g/mol. The molecule has 0 aromatic rings. The summed E-state index contributed by atoms with van der Waals surface area (Å²) >= 11 is 0. The summed E-state index contributed by atoms with van der Waals surface area (Å²) in [6.45, 7) is 17.0. The van der Waals surface area contributed by atoms with Crippen LogP contribution >= 0.6 is 0 Å². The number of hydrogen-bond acceptors (Lipinski definition) is 2. The molecule has 2 nitrogen and oxygen atoms in total. The van der Waals surface area contributed by atoms with E-state index in [1.807, 2.05) is 38.7 Å². The third kappa shape index (κ3) is 8.18. The Kier molecular flexibility index (Phi) is 8.07. The van der Waals surface area contributed by atoms with Gasteiger partial charge in [-0.25, -0.2) is 4.79 Å². The van der Waals surface area contributed by atoms with Crippen LogP contribution in [0.15, 0.2) is 58.7 Å². The van der Waals surface area contributed by atoms with Crippen molar-refractivity contribution in [3.8, 4) is 0 Å². The van der Waals surface area contributed by atoms with Crippen LogP contribution in [0.1, 0.15) is 53.9 Å². The third-order valence-corrected chi connectivity index (χ3v) is 5.34. The first-order chi connectivity index (χ1) is 11.9. The van der Waals surface area contributed by atoms with Crippen LogP contribution in [-0.2, 0) is 9.22 Å². The van der Waals surface area contributed by atoms with E-state index in [1.165, 1.54) is 36.0 Å². The lowest BCUT2D eigenvalue weighted by Gasteiger charge is -2.32. The molecule has 0 amide bonds. The van der Waals surface area contributed by atoms with Crippen LogP contribution in [0.25, 0.3) is 0 Å². The monoisotopic (exact) mass is 372 g/mol. The van der Waals surface area contributed by atoms with Crippen LogP contribution in [0.2, 0.25) is 19.6 Å². The van der Waals surface area contributed by atoms with Crippen molar-refractivity contribution in [2.75, 3.05) is 0 Å². The number of allylic oxidation sites excluding steroid dienone is 9. The van der Waals surface area contributed by atoms with E-state index in [-0.39, 0.29) is 11.4 Å². The molecule has 0 aliphatic heterocycles. The highest BCUT2D eigenvalue weighted by Gasteiger charge is 2.26.